The highest BCUT2D eigenvalue weighted by molar-refractivity contribution is 9.10. The van der Waals surface area contributed by atoms with Crippen LogP contribution in [0.25, 0.3) is 0 Å². The second kappa shape index (κ2) is 4.46. The second-order valence-corrected chi connectivity index (χ2v) is 4.03. The number of halogens is 1. The number of hydrogen-bond acceptors (Lipinski definition) is 5. The van der Waals surface area contributed by atoms with Gasteiger partial charge in [-0.1, -0.05) is 0 Å². The van der Waals surface area contributed by atoms with Crippen LogP contribution in [0.5, 0.6) is 11.8 Å². The van der Waals surface area contributed by atoms with Gasteiger partial charge in [0.15, 0.2) is 0 Å². The Bertz CT molecular complexity index is 548. The highest BCUT2D eigenvalue weighted by atomic mass is 79.9. The predicted octanol–water partition coefficient (Wildman–Crippen LogP) is 1.33. The number of aromatic hydroxyl groups is 2. The van der Waals surface area contributed by atoms with Crippen LogP contribution in [0.1, 0.15) is 10.4 Å². The number of carbonyl (C=O) groups excluding carboxylic acids is 1. The van der Waals surface area contributed by atoms with Crippen LogP contribution in [0.3, 0.4) is 0 Å². The number of carbonyl (C=O) groups is 1. The summed E-state index contributed by atoms with van der Waals surface area (Å²) in [6.45, 7) is 0. The molecule has 0 amide bonds. The summed E-state index contributed by atoms with van der Waals surface area (Å²) in [4.78, 5) is 20.2. The molecule has 2 N–H and O–H groups in total. The minimum Gasteiger partial charge on any atom is -0.492 e. The smallest absolute Gasteiger partial charge is 0.365 e. The van der Waals surface area contributed by atoms with Crippen LogP contribution in [-0.4, -0.2) is 25.9 Å². The molecular formula is C10H7BrN2O4. The molecule has 2 aromatic rings. The zero-order valence-corrected chi connectivity index (χ0v) is 9.96. The van der Waals surface area contributed by atoms with Gasteiger partial charge in [0, 0.05) is 29.0 Å². The number of nitrogens with zero attached hydrogens (tertiary/aromatic N) is 2. The molecule has 17 heavy (non-hydrogen) atoms. The van der Waals surface area contributed by atoms with Crippen molar-refractivity contribution >= 4 is 21.9 Å². The summed E-state index contributed by atoms with van der Waals surface area (Å²) in [6, 6.07) is 3.90. The summed E-state index contributed by atoms with van der Waals surface area (Å²) in [7, 11) is 0. The molecule has 0 radical (unpaired) electrons. The molecule has 2 rings (SSSR count). The molecule has 0 saturated heterocycles. The van der Waals surface area contributed by atoms with Gasteiger partial charge in [-0.15, -0.1) is 4.73 Å². The van der Waals surface area contributed by atoms with Gasteiger partial charge in [-0.05, 0) is 22.0 Å². The Morgan fingerprint density at radius 1 is 1.29 bits per heavy atom. The van der Waals surface area contributed by atoms with E-state index in [1.807, 2.05) is 0 Å². The van der Waals surface area contributed by atoms with Crippen LogP contribution >= 0.6 is 15.9 Å². The number of aromatic nitrogens is 2. The van der Waals surface area contributed by atoms with Gasteiger partial charge in [0.05, 0.1) is 5.56 Å². The Morgan fingerprint density at radius 3 is 2.53 bits per heavy atom. The summed E-state index contributed by atoms with van der Waals surface area (Å²) in [5.41, 5.74) is 0.187. The molecule has 0 aliphatic carbocycles. The molecule has 0 aromatic carbocycles. The molecule has 0 bridgehead atoms. The van der Waals surface area contributed by atoms with Crippen molar-refractivity contribution in [2.45, 2.75) is 0 Å². The highest BCUT2D eigenvalue weighted by Gasteiger charge is 2.14. The van der Waals surface area contributed by atoms with Crippen molar-refractivity contribution in [1.29, 1.82) is 0 Å². The van der Waals surface area contributed by atoms with Gasteiger partial charge < -0.3 is 15.1 Å². The third-order valence-corrected chi connectivity index (χ3v) is 2.35. The maximum absolute atomic E-state index is 11.6. The van der Waals surface area contributed by atoms with E-state index in [0.29, 0.717) is 9.20 Å². The number of pyridine rings is 1. The zero-order chi connectivity index (χ0) is 12.4. The van der Waals surface area contributed by atoms with E-state index in [0.717, 1.165) is 0 Å². The molecule has 7 heteroatoms. The Kier molecular flexibility index (Phi) is 3.01. The summed E-state index contributed by atoms with van der Waals surface area (Å²) >= 11 is 3.16. The van der Waals surface area contributed by atoms with Crippen molar-refractivity contribution in [2.75, 3.05) is 0 Å². The predicted molar refractivity (Wildman–Crippen MR) is 60.6 cm³/mol. The Balaban J connectivity index is 2.23. The lowest BCUT2D eigenvalue weighted by atomic mass is 10.3. The molecule has 0 unspecified atom stereocenters. The van der Waals surface area contributed by atoms with Crippen LogP contribution in [0.15, 0.2) is 35.1 Å². The first-order chi connectivity index (χ1) is 8.08. The fourth-order valence-corrected chi connectivity index (χ4v) is 1.52. The maximum Gasteiger partial charge on any atom is 0.365 e. The molecule has 6 nitrogen and oxygen atoms in total. The topological polar surface area (TPSA) is 84.6 Å². The van der Waals surface area contributed by atoms with Gasteiger partial charge in [0.25, 0.3) is 0 Å². The third-order valence-electron chi connectivity index (χ3n) is 1.91. The Labute approximate surface area is 104 Å². The minimum absolute atomic E-state index is 0.187. The van der Waals surface area contributed by atoms with Crippen LogP contribution in [0.2, 0.25) is 0 Å². The maximum atomic E-state index is 11.6. The standard InChI is InChI=1S/C10H7BrN2O4/c11-7-3-6(4-12-5-7)10(16)17-13-8(14)1-2-9(13)15/h1-5,14-15H. The molecule has 88 valence electrons. The van der Waals surface area contributed by atoms with E-state index in [1.165, 1.54) is 30.6 Å². The lowest BCUT2D eigenvalue weighted by Crippen LogP contribution is -2.19. The van der Waals surface area contributed by atoms with E-state index in [-0.39, 0.29) is 17.3 Å². The average molecular weight is 299 g/mol. The van der Waals surface area contributed by atoms with Crippen molar-refractivity contribution in [1.82, 2.24) is 9.71 Å². The van der Waals surface area contributed by atoms with Crippen molar-refractivity contribution < 1.29 is 19.8 Å². The molecule has 2 aromatic heterocycles. The fourth-order valence-electron chi connectivity index (χ4n) is 1.15. The van der Waals surface area contributed by atoms with Gasteiger partial charge in [0.1, 0.15) is 0 Å². The zero-order valence-electron chi connectivity index (χ0n) is 8.37. The molecule has 0 fully saturated rings. The van der Waals surface area contributed by atoms with E-state index < -0.39 is 5.97 Å². The summed E-state index contributed by atoms with van der Waals surface area (Å²) in [6.07, 6.45) is 2.83. The van der Waals surface area contributed by atoms with Crippen LogP contribution < -0.4 is 4.84 Å². The fraction of sp³-hybridized carbons (Fsp3) is 0. The average Bonchev–Trinajstić information content (AvgIpc) is 2.61. The third kappa shape index (κ3) is 2.39. The first-order valence-electron chi connectivity index (χ1n) is 4.51. The van der Waals surface area contributed by atoms with Crippen molar-refractivity contribution in [3.8, 4) is 11.8 Å². The molecule has 0 atom stereocenters. The van der Waals surface area contributed by atoms with Crippen LogP contribution in [0, 0.1) is 0 Å². The van der Waals surface area contributed by atoms with Crippen molar-refractivity contribution in [2.24, 2.45) is 0 Å². The van der Waals surface area contributed by atoms with Gasteiger partial charge in [-0.3, -0.25) is 4.98 Å². The van der Waals surface area contributed by atoms with Gasteiger partial charge >= 0.3 is 5.97 Å². The van der Waals surface area contributed by atoms with E-state index >= 15 is 0 Å². The second-order valence-electron chi connectivity index (χ2n) is 3.11. The van der Waals surface area contributed by atoms with Crippen molar-refractivity contribution in [3.63, 3.8) is 0 Å². The van der Waals surface area contributed by atoms with E-state index in [9.17, 15) is 15.0 Å². The molecule has 0 aliphatic rings. The van der Waals surface area contributed by atoms with Crippen molar-refractivity contribution in [3.05, 3.63) is 40.6 Å². The van der Waals surface area contributed by atoms with E-state index in [2.05, 4.69) is 20.9 Å². The first-order valence-corrected chi connectivity index (χ1v) is 5.30. The molecule has 2 heterocycles. The van der Waals surface area contributed by atoms with E-state index in [1.54, 1.807) is 0 Å². The summed E-state index contributed by atoms with van der Waals surface area (Å²) < 4.78 is 1.23. The number of hydrogen-bond donors (Lipinski definition) is 2. The van der Waals surface area contributed by atoms with E-state index in [4.69, 9.17) is 4.84 Å². The molecule has 0 aliphatic heterocycles. The minimum atomic E-state index is -0.749. The van der Waals surface area contributed by atoms with Gasteiger partial charge in [-0.25, -0.2) is 4.79 Å². The highest BCUT2D eigenvalue weighted by Crippen LogP contribution is 2.19. The lowest BCUT2D eigenvalue weighted by molar-refractivity contribution is 0.0381. The lowest BCUT2D eigenvalue weighted by Gasteiger charge is -2.06. The Hall–Kier alpha value is -2.02. The largest absolute Gasteiger partial charge is 0.492 e. The monoisotopic (exact) mass is 298 g/mol. The normalized spacial score (nSPS) is 10.2. The SMILES string of the molecule is O=C(On1c(O)ccc1O)c1cncc(Br)c1. The van der Waals surface area contributed by atoms with Crippen LogP contribution in [-0.2, 0) is 0 Å². The first kappa shape index (κ1) is 11.5. The summed E-state index contributed by atoms with van der Waals surface area (Å²) in [5, 5.41) is 18.6. The molecule has 0 saturated carbocycles. The molecular weight excluding hydrogens is 292 g/mol. The number of rotatable bonds is 2. The van der Waals surface area contributed by atoms with Gasteiger partial charge in [-0.2, -0.15) is 0 Å². The molecule has 0 spiro atoms. The summed E-state index contributed by atoms with van der Waals surface area (Å²) in [5.74, 6) is -1.50. The van der Waals surface area contributed by atoms with Crippen LogP contribution in [0.4, 0.5) is 0 Å². The quantitative estimate of drug-likeness (QED) is 0.874. The Morgan fingerprint density at radius 2 is 1.94 bits per heavy atom. The van der Waals surface area contributed by atoms with Gasteiger partial charge in [0.2, 0.25) is 11.8 Å².